The van der Waals surface area contributed by atoms with Crippen LogP contribution in [0, 0.1) is 17.8 Å². The molecule has 2 saturated carbocycles. The minimum Gasteiger partial charge on any atom is -0.493 e. The van der Waals surface area contributed by atoms with Crippen molar-refractivity contribution >= 4 is 16.8 Å². The fourth-order valence-corrected chi connectivity index (χ4v) is 5.86. The van der Waals surface area contributed by atoms with Crippen LogP contribution in [-0.4, -0.2) is 31.7 Å². The molecule has 162 valence electrons. The molecule has 4 unspecified atom stereocenters. The van der Waals surface area contributed by atoms with Gasteiger partial charge in [-0.1, -0.05) is 36.8 Å². The molecule has 2 bridgehead atoms. The van der Waals surface area contributed by atoms with E-state index in [1.807, 2.05) is 24.3 Å². The van der Waals surface area contributed by atoms with E-state index in [0.29, 0.717) is 18.2 Å². The van der Waals surface area contributed by atoms with Gasteiger partial charge in [0.1, 0.15) is 0 Å². The third-order valence-electron chi connectivity index (χ3n) is 7.36. The van der Waals surface area contributed by atoms with Gasteiger partial charge in [-0.25, -0.2) is 0 Å². The normalized spacial score (nSPS) is 23.1. The molecular weight excluding hydrogens is 388 g/mol. The predicted molar refractivity (Wildman–Crippen MR) is 122 cm³/mol. The van der Waals surface area contributed by atoms with Crippen LogP contribution in [0.5, 0.6) is 11.5 Å². The fraction of sp³-hybridized carbons (Fsp3) is 0.423. The Kier molecular flexibility index (Phi) is 5.34. The van der Waals surface area contributed by atoms with E-state index in [9.17, 15) is 4.79 Å². The molecule has 0 aliphatic heterocycles. The summed E-state index contributed by atoms with van der Waals surface area (Å²) in [5.74, 6) is 3.07. The maximum atomic E-state index is 13.1. The van der Waals surface area contributed by atoms with Crippen LogP contribution in [0.1, 0.15) is 42.7 Å². The van der Waals surface area contributed by atoms with Crippen LogP contribution in [0.2, 0.25) is 0 Å². The number of para-hydroxylation sites is 2. The van der Waals surface area contributed by atoms with Crippen molar-refractivity contribution in [2.75, 3.05) is 20.8 Å². The van der Waals surface area contributed by atoms with Gasteiger partial charge in [-0.2, -0.15) is 0 Å². The molecule has 2 N–H and O–H groups in total. The summed E-state index contributed by atoms with van der Waals surface area (Å²) < 4.78 is 11.3. The van der Waals surface area contributed by atoms with Crippen molar-refractivity contribution in [2.45, 2.75) is 31.6 Å². The first-order chi connectivity index (χ1) is 15.2. The number of aromatic nitrogens is 1. The van der Waals surface area contributed by atoms with Crippen LogP contribution in [-0.2, 0) is 4.79 Å². The average molecular weight is 419 g/mol. The first-order valence-corrected chi connectivity index (χ1v) is 11.2. The van der Waals surface area contributed by atoms with E-state index < -0.39 is 0 Å². The SMILES string of the molecule is COc1cccc(C(CNC(=O)C2CC3CCC2C3)c2c[nH]c3ccccc23)c1OC. The Morgan fingerprint density at radius 1 is 1.06 bits per heavy atom. The van der Waals surface area contributed by atoms with Crippen LogP contribution >= 0.6 is 0 Å². The minimum atomic E-state index is -0.0521. The molecule has 5 nitrogen and oxygen atoms in total. The number of benzene rings is 2. The van der Waals surface area contributed by atoms with E-state index in [1.165, 1.54) is 19.3 Å². The molecule has 31 heavy (non-hydrogen) atoms. The second-order valence-electron chi connectivity index (χ2n) is 8.95. The topological polar surface area (TPSA) is 63.3 Å². The highest BCUT2D eigenvalue weighted by molar-refractivity contribution is 5.85. The molecule has 0 radical (unpaired) electrons. The number of hydrogen-bond acceptors (Lipinski definition) is 3. The molecule has 1 aromatic heterocycles. The van der Waals surface area contributed by atoms with E-state index in [4.69, 9.17) is 9.47 Å². The number of amides is 1. The Bertz CT molecular complexity index is 1090. The maximum Gasteiger partial charge on any atom is 0.223 e. The summed E-state index contributed by atoms with van der Waals surface area (Å²) in [6, 6.07) is 14.2. The third kappa shape index (κ3) is 3.56. The number of H-pyrrole nitrogens is 1. The molecular formula is C26H30N2O3. The Hall–Kier alpha value is -2.95. The van der Waals surface area contributed by atoms with Gasteiger partial charge in [0.15, 0.2) is 11.5 Å². The smallest absolute Gasteiger partial charge is 0.223 e. The van der Waals surface area contributed by atoms with Gasteiger partial charge in [-0.3, -0.25) is 4.79 Å². The van der Waals surface area contributed by atoms with Crippen LogP contribution < -0.4 is 14.8 Å². The number of ether oxygens (including phenoxy) is 2. The van der Waals surface area contributed by atoms with Gasteiger partial charge < -0.3 is 19.8 Å². The molecule has 2 aliphatic carbocycles. The van der Waals surface area contributed by atoms with Crippen molar-refractivity contribution in [3.05, 3.63) is 59.8 Å². The van der Waals surface area contributed by atoms with E-state index in [1.54, 1.807) is 14.2 Å². The summed E-state index contributed by atoms with van der Waals surface area (Å²) in [5.41, 5.74) is 3.25. The summed E-state index contributed by atoms with van der Waals surface area (Å²) in [7, 11) is 3.32. The average Bonchev–Trinajstić information content (AvgIpc) is 3.55. The molecule has 0 spiro atoms. The second kappa shape index (κ2) is 8.29. The summed E-state index contributed by atoms with van der Waals surface area (Å²) in [6.45, 7) is 0.526. The molecule has 1 heterocycles. The lowest BCUT2D eigenvalue weighted by atomic mass is 9.87. The zero-order chi connectivity index (χ0) is 21.4. The zero-order valence-electron chi connectivity index (χ0n) is 18.2. The molecule has 3 aromatic rings. The van der Waals surface area contributed by atoms with Gasteiger partial charge in [0.05, 0.1) is 14.2 Å². The third-order valence-corrected chi connectivity index (χ3v) is 7.36. The number of methoxy groups -OCH3 is 2. The van der Waals surface area contributed by atoms with Crippen molar-refractivity contribution in [3.8, 4) is 11.5 Å². The van der Waals surface area contributed by atoms with Gasteiger partial charge in [0.25, 0.3) is 0 Å². The highest BCUT2D eigenvalue weighted by Crippen LogP contribution is 2.48. The number of carbonyl (C=O) groups is 1. The molecule has 1 amide bonds. The number of aromatic amines is 1. The lowest BCUT2D eigenvalue weighted by molar-refractivity contribution is -0.126. The molecule has 2 aromatic carbocycles. The molecule has 5 heteroatoms. The first kappa shape index (κ1) is 20.0. The van der Waals surface area contributed by atoms with Gasteiger partial charge >= 0.3 is 0 Å². The number of rotatable bonds is 7. The van der Waals surface area contributed by atoms with Crippen LogP contribution in [0.15, 0.2) is 48.7 Å². The van der Waals surface area contributed by atoms with Crippen molar-refractivity contribution in [1.29, 1.82) is 0 Å². The van der Waals surface area contributed by atoms with Gasteiger partial charge in [-0.15, -0.1) is 0 Å². The van der Waals surface area contributed by atoms with E-state index >= 15 is 0 Å². The fourth-order valence-electron chi connectivity index (χ4n) is 5.86. The van der Waals surface area contributed by atoms with E-state index in [2.05, 4.69) is 34.7 Å². The van der Waals surface area contributed by atoms with Crippen molar-refractivity contribution < 1.29 is 14.3 Å². The first-order valence-electron chi connectivity index (χ1n) is 11.2. The lowest BCUT2D eigenvalue weighted by Crippen LogP contribution is -2.36. The van der Waals surface area contributed by atoms with E-state index in [0.717, 1.165) is 40.1 Å². The monoisotopic (exact) mass is 418 g/mol. The van der Waals surface area contributed by atoms with Gasteiger partial charge in [0, 0.05) is 41.0 Å². The molecule has 2 aliphatic rings. The summed E-state index contributed by atoms with van der Waals surface area (Å²) >= 11 is 0. The Labute approximate surface area is 183 Å². The maximum absolute atomic E-state index is 13.1. The number of fused-ring (bicyclic) bond motifs is 3. The van der Waals surface area contributed by atoms with Crippen molar-refractivity contribution in [1.82, 2.24) is 10.3 Å². The number of hydrogen-bond donors (Lipinski definition) is 2. The Balaban J connectivity index is 1.49. The van der Waals surface area contributed by atoms with E-state index in [-0.39, 0.29) is 17.7 Å². The highest BCUT2D eigenvalue weighted by atomic mass is 16.5. The standard InChI is InChI=1S/C26H30N2O3/c1-30-24-9-5-7-19(25(24)31-2)22(21-14-27-23-8-4-3-6-18(21)23)15-28-26(29)20-13-16-10-11-17(20)12-16/h3-9,14,16-17,20,22,27H,10-13,15H2,1-2H3,(H,28,29). The quantitative estimate of drug-likeness (QED) is 0.575. The Morgan fingerprint density at radius 2 is 1.94 bits per heavy atom. The second-order valence-corrected chi connectivity index (χ2v) is 8.95. The van der Waals surface area contributed by atoms with Crippen LogP contribution in [0.3, 0.4) is 0 Å². The van der Waals surface area contributed by atoms with Crippen LogP contribution in [0.4, 0.5) is 0 Å². The van der Waals surface area contributed by atoms with Gasteiger partial charge in [0.2, 0.25) is 5.91 Å². The summed E-state index contributed by atoms with van der Waals surface area (Å²) in [5, 5.41) is 4.46. The van der Waals surface area contributed by atoms with Crippen LogP contribution in [0.25, 0.3) is 10.9 Å². The Morgan fingerprint density at radius 3 is 2.68 bits per heavy atom. The predicted octanol–water partition coefficient (Wildman–Crippen LogP) is 4.87. The molecule has 5 rings (SSSR count). The molecule has 0 saturated heterocycles. The largest absolute Gasteiger partial charge is 0.493 e. The zero-order valence-corrected chi connectivity index (χ0v) is 18.2. The lowest BCUT2D eigenvalue weighted by Gasteiger charge is -2.25. The number of nitrogens with one attached hydrogen (secondary N) is 2. The van der Waals surface area contributed by atoms with Crippen molar-refractivity contribution in [2.24, 2.45) is 17.8 Å². The summed E-state index contributed by atoms with van der Waals surface area (Å²) in [6.07, 6.45) is 6.84. The molecule has 4 atom stereocenters. The highest BCUT2D eigenvalue weighted by Gasteiger charge is 2.43. The van der Waals surface area contributed by atoms with Gasteiger partial charge in [-0.05, 0) is 48.8 Å². The minimum absolute atomic E-state index is 0.0521. The van der Waals surface area contributed by atoms with Crippen molar-refractivity contribution in [3.63, 3.8) is 0 Å². The summed E-state index contributed by atoms with van der Waals surface area (Å²) in [4.78, 5) is 16.5. The number of carbonyl (C=O) groups excluding carboxylic acids is 1. The molecule has 2 fully saturated rings.